The van der Waals surface area contributed by atoms with Crippen LogP contribution in [0.15, 0.2) is 34.2 Å². The highest BCUT2D eigenvalue weighted by atomic mass is 32.2. The van der Waals surface area contributed by atoms with Crippen molar-refractivity contribution < 1.29 is 18.0 Å². The maximum absolute atomic E-state index is 14.1. The van der Waals surface area contributed by atoms with Crippen molar-refractivity contribution in [1.82, 2.24) is 29.0 Å². The molecule has 2 saturated carbocycles. The maximum Gasteiger partial charge on any atom is 0.263 e. The van der Waals surface area contributed by atoms with Crippen molar-refractivity contribution in [1.29, 1.82) is 0 Å². The van der Waals surface area contributed by atoms with Gasteiger partial charge in [0.25, 0.3) is 5.56 Å². The van der Waals surface area contributed by atoms with E-state index in [9.17, 15) is 18.0 Å². The van der Waals surface area contributed by atoms with Crippen LogP contribution < -0.4 is 15.8 Å². The third kappa shape index (κ3) is 5.33. The predicted molar refractivity (Wildman–Crippen MR) is 157 cm³/mol. The third-order valence-electron chi connectivity index (χ3n) is 9.14. The molecule has 1 aromatic carbocycles. The van der Waals surface area contributed by atoms with E-state index in [4.69, 9.17) is 9.82 Å². The molecule has 226 valence electrons. The lowest BCUT2D eigenvalue weighted by atomic mass is 9.84. The molecule has 13 heteroatoms. The first-order valence-corrected chi connectivity index (χ1v) is 16.0. The van der Waals surface area contributed by atoms with Crippen molar-refractivity contribution in [2.75, 3.05) is 19.1 Å². The normalized spacial score (nSPS) is 22.7. The second-order valence-corrected chi connectivity index (χ2v) is 14.5. The molecule has 2 aromatic heterocycles. The van der Waals surface area contributed by atoms with E-state index in [1.165, 1.54) is 17.7 Å². The fraction of sp³-hybridized carbons (Fsp3) is 0.586. The topological polar surface area (TPSA) is 140 Å². The number of carbonyl (C=O) groups is 1. The molecule has 1 saturated heterocycles. The van der Waals surface area contributed by atoms with Gasteiger partial charge in [0.1, 0.15) is 0 Å². The van der Waals surface area contributed by atoms with Crippen molar-refractivity contribution in [2.24, 2.45) is 12.5 Å². The smallest absolute Gasteiger partial charge is 0.263 e. The molecule has 0 spiro atoms. The maximum atomic E-state index is 14.1. The van der Waals surface area contributed by atoms with Crippen LogP contribution in [-0.4, -0.2) is 63.8 Å². The van der Waals surface area contributed by atoms with Crippen LogP contribution >= 0.6 is 0 Å². The number of aryl methyl sites for hydroxylation is 1. The Morgan fingerprint density at radius 2 is 1.93 bits per heavy atom. The summed E-state index contributed by atoms with van der Waals surface area (Å²) in [6, 6.07) is 3.08. The number of hydrogen-bond donors (Lipinski definition) is 2. The summed E-state index contributed by atoms with van der Waals surface area (Å²) in [6.07, 6.45) is 8.11. The summed E-state index contributed by atoms with van der Waals surface area (Å²) in [6.45, 7) is 6.68. The van der Waals surface area contributed by atoms with Crippen molar-refractivity contribution >= 4 is 32.8 Å². The monoisotopic (exact) mass is 597 g/mol. The van der Waals surface area contributed by atoms with Crippen molar-refractivity contribution in [2.45, 2.75) is 88.2 Å². The number of likely N-dealkylation sites (tertiary alicyclic amines) is 1. The Bertz CT molecular complexity index is 1720. The van der Waals surface area contributed by atoms with Gasteiger partial charge in [0, 0.05) is 42.3 Å². The Morgan fingerprint density at radius 1 is 1.19 bits per heavy atom. The van der Waals surface area contributed by atoms with Gasteiger partial charge in [-0.15, -0.1) is 0 Å². The molecule has 42 heavy (non-hydrogen) atoms. The molecule has 0 bridgehead atoms. The molecule has 2 aliphatic carbocycles. The zero-order chi connectivity index (χ0) is 30.0. The molecule has 1 unspecified atom stereocenters. The average Bonchev–Trinajstić information content (AvgIpc) is 3.82. The summed E-state index contributed by atoms with van der Waals surface area (Å²) in [5, 5.41) is 4.42. The van der Waals surface area contributed by atoms with Gasteiger partial charge in [-0.1, -0.05) is 6.92 Å². The highest BCUT2D eigenvalue weighted by molar-refractivity contribution is 7.89. The molecule has 3 aliphatic rings. The number of nitrogens with one attached hydrogen (secondary N) is 2. The number of nitrogens with zero attached hydrogens (tertiary/aromatic N) is 5. The fourth-order valence-corrected chi connectivity index (χ4v) is 7.55. The first-order valence-electron chi connectivity index (χ1n) is 14.5. The summed E-state index contributed by atoms with van der Waals surface area (Å²) >= 11 is 0. The Labute approximate surface area is 245 Å². The van der Waals surface area contributed by atoms with Crippen LogP contribution in [0.2, 0.25) is 0 Å². The minimum absolute atomic E-state index is 0.0324. The number of aromatic nitrogens is 4. The van der Waals surface area contributed by atoms with E-state index < -0.39 is 15.6 Å². The molecule has 1 amide bonds. The van der Waals surface area contributed by atoms with Crippen molar-refractivity contribution in [3.63, 3.8) is 0 Å². The molecule has 3 aromatic rings. The number of hydrogen-bond acceptors (Lipinski definition) is 8. The summed E-state index contributed by atoms with van der Waals surface area (Å²) in [5.74, 6) is 0.308. The van der Waals surface area contributed by atoms with Gasteiger partial charge >= 0.3 is 0 Å². The van der Waals surface area contributed by atoms with Crippen LogP contribution in [0, 0.1) is 5.41 Å². The minimum Gasteiger partial charge on any atom is -0.339 e. The summed E-state index contributed by atoms with van der Waals surface area (Å²) < 4.78 is 33.1. The molecule has 1 aliphatic heterocycles. The Kier molecular flexibility index (Phi) is 6.97. The van der Waals surface area contributed by atoms with Gasteiger partial charge in [-0.3, -0.25) is 23.7 Å². The molecule has 12 nitrogen and oxygen atoms in total. The van der Waals surface area contributed by atoms with Crippen LogP contribution in [0.5, 0.6) is 0 Å². The molecule has 3 heterocycles. The number of amides is 1. The van der Waals surface area contributed by atoms with Crippen LogP contribution in [0.25, 0.3) is 10.9 Å². The van der Waals surface area contributed by atoms with Crippen molar-refractivity contribution in [3.8, 4) is 0 Å². The first kappa shape index (κ1) is 28.8. The zero-order valence-electron chi connectivity index (χ0n) is 24.8. The highest BCUT2D eigenvalue weighted by Crippen LogP contribution is 2.48. The number of sulfonamides is 1. The number of anilines is 1. The van der Waals surface area contributed by atoms with Crippen LogP contribution in [0.1, 0.15) is 76.3 Å². The standard InChI is InChI=1S/C29H39N7O5S/c1-18-12-20(6-11-35(18)26(38)28(2)7-8-28)22-13-21(42(39,40)33-29(3)9-10-29)14-23-24(22)31-27(32-41-5)36(25(23)37)17-19-15-30-34(4)16-19/h13-16,18,20,33H,6-12,17H2,1-5H3,(H,31,32)/t18-,20?/m1/s1. The number of rotatable bonds is 9. The highest BCUT2D eigenvalue weighted by Gasteiger charge is 2.49. The molecular formula is C29H39N7O5S. The Balaban J connectivity index is 1.47. The second kappa shape index (κ2) is 10.2. The molecule has 0 radical (unpaired) electrons. The van der Waals surface area contributed by atoms with Gasteiger partial charge in [0.2, 0.25) is 21.9 Å². The lowest BCUT2D eigenvalue weighted by molar-refractivity contribution is -0.140. The fourth-order valence-electron chi connectivity index (χ4n) is 6.02. The van der Waals surface area contributed by atoms with Gasteiger partial charge in [0.15, 0.2) is 0 Å². The SMILES string of the molecule is CONc1nc2c(C3CCN(C(=O)C4(C)CC4)[C@H](C)C3)cc(S(=O)(=O)NC3(C)CC3)cc2c(=O)n1Cc1cnn(C)c1. The van der Waals surface area contributed by atoms with Gasteiger partial charge in [0.05, 0.1) is 35.6 Å². The van der Waals surface area contributed by atoms with Crippen LogP contribution in [-0.2, 0) is 33.2 Å². The predicted octanol–water partition coefficient (Wildman–Crippen LogP) is 2.88. The summed E-state index contributed by atoms with van der Waals surface area (Å²) in [4.78, 5) is 39.3. The minimum atomic E-state index is -3.91. The second-order valence-electron chi connectivity index (χ2n) is 12.9. The largest absolute Gasteiger partial charge is 0.339 e. The number of carbonyl (C=O) groups excluding carboxylic acids is 1. The van der Waals surface area contributed by atoms with Crippen LogP contribution in [0.4, 0.5) is 5.95 Å². The average molecular weight is 598 g/mol. The molecular weight excluding hydrogens is 558 g/mol. The Hall–Kier alpha value is -3.29. The number of piperidine rings is 1. The summed E-state index contributed by atoms with van der Waals surface area (Å²) in [7, 11) is -0.669. The van der Waals surface area contributed by atoms with Gasteiger partial charge in [-0.25, -0.2) is 23.6 Å². The quantitative estimate of drug-likeness (QED) is 0.359. The van der Waals surface area contributed by atoms with E-state index in [0.717, 1.165) is 31.2 Å². The number of fused-ring (bicyclic) bond motifs is 1. The molecule has 6 rings (SSSR count). The van der Waals surface area contributed by atoms with E-state index >= 15 is 0 Å². The van der Waals surface area contributed by atoms with E-state index in [1.54, 1.807) is 30.2 Å². The van der Waals surface area contributed by atoms with E-state index in [0.29, 0.717) is 30.5 Å². The van der Waals surface area contributed by atoms with Crippen molar-refractivity contribution in [3.05, 3.63) is 46.0 Å². The van der Waals surface area contributed by atoms with Gasteiger partial charge in [-0.05, 0) is 76.0 Å². The number of benzene rings is 1. The summed E-state index contributed by atoms with van der Waals surface area (Å²) in [5.41, 5.74) is 3.53. The first-order chi connectivity index (χ1) is 19.8. The van der Waals surface area contributed by atoms with Gasteiger partial charge < -0.3 is 4.90 Å². The molecule has 2 atom stereocenters. The Morgan fingerprint density at radius 3 is 2.52 bits per heavy atom. The third-order valence-corrected chi connectivity index (χ3v) is 10.8. The molecule has 3 fully saturated rings. The van der Waals surface area contributed by atoms with E-state index in [-0.39, 0.29) is 51.6 Å². The van der Waals surface area contributed by atoms with Gasteiger partial charge in [-0.2, -0.15) is 5.10 Å². The van der Waals surface area contributed by atoms with E-state index in [2.05, 4.69) is 15.3 Å². The molecule has 2 N–H and O–H groups in total. The lowest BCUT2D eigenvalue weighted by Gasteiger charge is -2.39. The van der Waals surface area contributed by atoms with E-state index in [1.807, 2.05) is 25.7 Å². The lowest BCUT2D eigenvalue weighted by Crippen LogP contribution is -2.47. The zero-order valence-corrected chi connectivity index (χ0v) is 25.6. The van der Waals surface area contributed by atoms with Crippen LogP contribution in [0.3, 0.4) is 0 Å².